The van der Waals surface area contributed by atoms with Crippen molar-refractivity contribution >= 4 is 5.97 Å². The number of rotatable bonds is 4. The van der Waals surface area contributed by atoms with E-state index in [1.54, 1.807) is 14.2 Å². The number of benzene rings is 1. The molecule has 4 nitrogen and oxygen atoms in total. The van der Waals surface area contributed by atoms with E-state index in [2.05, 4.69) is 0 Å². The van der Waals surface area contributed by atoms with E-state index in [-0.39, 0.29) is 11.9 Å². The molecule has 0 aliphatic rings. The number of carbonyl (C=O) groups excluding carboxylic acids is 1. The molecule has 1 aromatic rings. The highest BCUT2D eigenvalue weighted by atomic mass is 16.5. The molecule has 0 saturated heterocycles. The molecule has 0 amide bonds. The molecule has 1 rings (SSSR count). The van der Waals surface area contributed by atoms with E-state index in [1.807, 2.05) is 26.8 Å². The van der Waals surface area contributed by atoms with Gasteiger partial charge < -0.3 is 14.2 Å². The van der Waals surface area contributed by atoms with Crippen LogP contribution in [-0.2, 0) is 4.79 Å². The average Bonchev–Trinajstić information content (AvgIpc) is 2.29. The maximum absolute atomic E-state index is 11.2. The normalized spacial score (nSPS) is 10.4. The fourth-order valence-electron chi connectivity index (χ4n) is 1.94. The third kappa shape index (κ3) is 2.75. The number of carbonyl (C=O) groups is 1. The third-order valence-electron chi connectivity index (χ3n) is 2.67. The summed E-state index contributed by atoms with van der Waals surface area (Å²) >= 11 is 0. The fraction of sp³-hybridized carbons (Fsp3) is 0.500. The average molecular weight is 252 g/mol. The van der Waals surface area contributed by atoms with Gasteiger partial charge in [0.15, 0.2) is 11.5 Å². The van der Waals surface area contributed by atoms with Crippen LogP contribution < -0.4 is 14.2 Å². The number of hydrogen-bond acceptors (Lipinski definition) is 4. The maximum Gasteiger partial charge on any atom is 0.308 e. The molecule has 0 saturated carbocycles. The lowest BCUT2D eigenvalue weighted by Crippen LogP contribution is -2.08. The summed E-state index contributed by atoms with van der Waals surface area (Å²) in [5.74, 6) is 1.65. The highest BCUT2D eigenvalue weighted by Gasteiger charge is 2.22. The van der Waals surface area contributed by atoms with Crippen LogP contribution in [0, 0.1) is 6.92 Å². The van der Waals surface area contributed by atoms with Crippen LogP contribution in [-0.4, -0.2) is 20.2 Å². The van der Waals surface area contributed by atoms with Crippen LogP contribution in [0.25, 0.3) is 0 Å². The Morgan fingerprint density at radius 3 is 2.17 bits per heavy atom. The lowest BCUT2D eigenvalue weighted by molar-refractivity contribution is -0.132. The summed E-state index contributed by atoms with van der Waals surface area (Å²) in [6, 6.07) is 1.81. The van der Waals surface area contributed by atoms with E-state index >= 15 is 0 Å². The Labute approximate surface area is 108 Å². The van der Waals surface area contributed by atoms with E-state index in [0.717, 1.165) is 11.1 Å². The molecule has 0 radical (unpaired) electrons. The zero-order valence-corrected chi connectivity index (χ0v) is 11.8. The molecular weight excluding hydrogens is 232 g/mol. The Hall–Kier alpha value is -1.71. The maximum atomic E-state index is 11.2. The van der Waals surface area contributed by atoms with Crippen molar-refractivity contribution in [2.75, 3.05) is 14.2 Å². The molecule has 0 bridgehead atoms. The van der Waals surface area contributed by atoms with E-state index < -0.39 is 0 Å². The van der Waals surface area contributed by atoms with Crippen molar-refractivity contribution in [3.63, 3.8) is 0 Å². The molecule has 1 aromatic carbocycles. The van der Waals surface area contributed by atoms with Crippen LogP contribution in [0.1, 0.15) is 37.8 Å². The van der Waals surface area contributed by atoms with Gasteiger partial charge in [-0.3, -0.25) is 4.79 Å². The van der Waals surface area contributed by atoms with Crippen LogP contribution in [0.3, 0.4) is 0 Å². The van der Waals surface area contributed by atoms with Crippen molar-refractivity contribution in [3.05, 3.63) is 17.2 Å². The third-order valence-corrected chi connectivity index (χ3v) is 2.67. The molecule has 0 spiro atoms. The van der Waals surface area contributed by atoms with Crippen molar-refractivity contribution < 1.29 is 19.0 Å². The zero-order valence-electron chi connectivity index (χ0n) is 11.8. The molecule has 4 heteroatoms. The Kier molecular flexibility index (Phi) is 4.59. The van der Waals surface area contributed by atoms with Gasteiger partial charge in [-0.1, -0.05) is 13.8 Å². The van der Waals surface area contributed by atoms with Crippen molar-refractivity contribution in [3.8, 4) is 17.2 Å². The lowest BCUT2D eigenvalue weighted by atomic mass is 9.97. The first kappa shape index (κ1) is 14.4. The summed E-state index contributed by atoms with van der Waals surface area (Å²) in [5, 5.41) is 0. The molecule has 0 fully saturated rings. The second-order valence-corrected chi connectivity index (χ2v) is 4.42. The largest absolute Gasteiger partial charge is 0.493 e. The standard InChI is InChI=1S/C14H20O4/c1-8(2)12-13(18-10(4)15)9(3)7-11(16-5)14(12)17-6/h7-8H,1-6H3. The highest BCUT2D eigenvalue weighted by molar-refractivity contribution is 5.72. The van der Waals surface area contributed by atoms with Crippen LogP contribution in [0.2, 0.25) is 0 Å². The van der Waals surface area contributed by atoms with Gasteiger partial charge >= 0.3 is 5.97 Å². The molecule has 0 unspecified atom stereocenters. The van der Waals surface area contributed by atoms with Crippen molar-refractivity contribution in [1.82, 2.24) is 0 Å². The Balaban J connectivity index is 3.53. The molecule has 0 aliphatic heterocycles. The minimum atomic E-state index is -0.341. The van der Waals surface area contributed by atoms with E-state index in [4.69, 9.17) is 14.2 Å². The summed E-state index contributed by atoms with van der Waals surface area (Å²) in [6.45, 7) is 7.31. The molecule has 0 N–H and O–H groups in total. The van der Waals surface area contributed by atoms with Gasteiger partial charge in [-0.2, -0.15) is 0 Å². The Morgan fingerprint density at radius 2 is 1.78 bits per heavy atom. The van der Waals surface area contributed by atoms with Gasteiger partial charge in [-0.15, -0.1) is 0 Å². The summed E-state index contributed by atoms with van der Waals surface area (Å²) in [5.41, 5.74) is 1.70. The first-order chi connectivity index (χ1) is 8.42. The lowest BCUT2D eigenvalue weighted by Gasteiger charge is -2.20. The summed E-state index contributed by atoms with van der Waals surface area (Å²) in [4.78, 5) is 11.2. The topological polar surface area (TPSA) is 44.8 Å². The summed E-state index contributed by atoms with van der Waals surface area (Å²) in [7, 11) is 3.17. The SMILES string of the molecule is COc1cc(C)c(OC(C)=O)c(C(C)C)c1OC. The van der Waals surface area contributed by atoms with Crippen molar-refractivity contribution in [2.45, 2.75) is 33.6 Å². The van der Waals surface area contributed by atoms with E-state index in [9.17, 15) is 4.79 Å². The van der Waals surface area contributed by atoms with Gasteiger partial charge in [-0.25, -0.2) is 0 Å². The Morgan fingerprint density at radius 1 is 1.17 bits per heavy atom. The molecular formula is C14H20O4. The molecule has 0 aromatic heterocycles. The highest BCUT2D eigenvalue weighted by Crippen LogP contribution is 2.44. The van der Waals surface area contributed by atoms with Gasteiger partial charge in [0.05, 0.1) is 14.2 Å². The smallest absolute Gasteiger partial charge is 0.308 e. The molecule has 0 atom stereocenters. The Bertz CT molecular complexity index is 450. The molecule has 0 aliphatic carbocycles. The molecule has 18 heavy (non-hydrogen) atoms. The van der Waals surface area contributed by atoms with Crippen molar-refractivity contribution in [1.29, 1.82) is 0 Å². The first-order valence-corrected chi connectivity index (χ1v) is 5.86. The number of ether oxygens (including phenoxy) is 3. The molecule has 100 valence electrons. The summed E-state index contributed by atoms with van der Waals surface area (Å²) < 4.78 is 16.0. The minimum absolute atomic E-state index is 0.156. The van der Waals surface area contributed by atoms with Crippen LogP contribution >= 0.6 is 0 Å². The van der Waals surface area contributed by atoms with E-state index in [1.165, 1.54) is 6.92 Å². The fourth-order valence-corrected chi connectivity index (χ4v) is 1.94. The van der Waals surface area contributed by atoms with Crippen LogP contribution in [0.15, 0.2) is 6.07 Å². The second kappa shape index (κ2) is 5.76. The van der Waals surface area contributed by atoms with Gasteiger partial charge in [0.2, 0.25) is 0 Å². The molecule has 0 heterocycles. The number of aryl methyl sites for hydroxylation is 1. The van der Waals surface area contributed by atoms with Gasteiger partial charge in [-0.05, 0) is 24.5 Å². The van der Waals surface area contributed by atoms with Crippen LogP contribution in [0.4, 0.5) is 0 Å². The number of esters is 1. The van der Waals surface area contributed by atoms with Crippen LogP contribution in [0.5, 0.6) is 17.2 Å². The minimum Gasteiger partial charge on any atom is -0.493 e. The predicted molar refractivity (Wildman–Crippen MR) is 69.7 cm³/mol. The monoisotopic (exact) mass is 252 g/mol. The summed E-state index contributed by atoms with van der Waals surface area (Å²) in [6.07, 6.45) is 0. The van der Waals surface area contributed by atoms with Gasteiger partial charge in [0.25, 0.3) is 0 Å². The second-order valence-electron chi connectivity index (χ2n) is 4.42. The van der Waals surface area contributed by atoms with E-state index in [0.29, 0.717) is 17.2 Å². The van der Waals surface area contributed by atoms with Gasteiger partial charge in [0, 0.05) is 12.5 Å². The van der Waals surface area contributed by atoms with Crippen molar-refractivity contribution in [2.24, 2.45) is 0 Å². The quantitative estimate of drug-likeness (QED) is 0.610. The predicted octanol–water partition coefficient (Wildman–Crippen LogP) is 3.06. The number of hydrogen-bond donors (Lipinski definition) is 0. The first-order valence-electron chi connectivity index (χ1n) is 5.86. The zero-order chi connectivity index (χ0) is 13.9. The van der Waals surface area contributed by atoms with Gasteiger partial charge in [0.1, 0.15) is 5.75 Å². The number of methoxy groups -OCH3 is 2.